The van der Waals surface area contributed by atoms with Gasteiger partial charge >= 0.3 is 0 Å². The molecule has 2 rings (SSSR count). The summed E-state index contributed by atoms with van der Waals surface area (Å²) < 4.78 is 0. The average molecular weight is 224 g/mol. The number of hydrogen-bond acceptors (Lipinski definition) is 5. The zero-order valence-corrected chi connectivity index (χ0v) is 8.98. The Labute approximate surface area is 90.6 Å². The van der Waals surface area contributed by atoms with Crippen LogP contribution >= 0.6 is 24.4 Å². The van der Waals surface area contributed by atoms with Crippen LogP contribution in [0.3, 0.4) is 0 Å². The Bertz CT molecular complexity index is 465. The van der Waals surface area contributed by atoms with E-state index in [1.54, 1.807) is 18.1 Å². The van der Waals surface area contributed by atoms with Crippen LogP contribution < -0.4 is 0 Å². The van der Waals surface area contributed by atoms with Crippen molar-refractivity contribution in [1.82, 2.24) is 20.2 Å². The quantitative estimate of drug-likeness (QED) is 0.475. The first-order chi connectivity index (χ1) is 6.83. The Kier molecular flexibility index (Phi) is 2.74. The van der Waals surface area contributed by atoms with E-state index in [-0.39, 0.29) is 0 Å². The fraction of sp³-hybridized carbons (Fsp3) is 0.125. The fourth-order valence-electron chi connectivity index (χ4n) is 1.05. The van der Waals surface area contributed by atoms with Crippen LogP contribution in [-0.4, -0.2) is 25.9 Å². The third-order valence-electron chi connectivity index (χ3n) is 1.64. The number of hydrogen-bond donors (Lipinski definition) is 2. The van der Waals surface area contributed by atoms with E-state index >= 15 is 0 Å². The topological polar surface area (TPSA) is 54.5 Å². The van der Waals surface area contributed by atoms with Crippen LogP contribution in [0.2, 0.25) is 0 Å². The average Bonchev–Trinajstić information content (AvgIpc) is 2.66. The van der Waals surface area contributed by atoms with Crippen LogP contribution in [0.4, 0.5) is 0 Å². The van der Waals surface area contributed by atoms with Gasteiger partial charge in [-0.25, -0.2) is 4.98 Å². The molecule has 4 nitrogen and oxygen atoms in total. The van der Waals surface area contributed by atoms with Gasteiger partial charge in [-0.2, -0.15) is 0 Å². The lowest BCUT2D eigenvalue weighted by molar-refractivity contribution is 0.882. The van der Waals surface area contributed by atoms with Gasteiger partial charge in [0.2, 0.25) is 0 Å². The minimum absolute atomic E-state index is 0.570. The van der Waals surface area contributed by atoms with E-state index in [1.807, 2.05) is 6.08 Å². The Morgan fingerprint density at radius 2 is 2.43 bits per heavy atom. The van der Waals surface area contributed by atoms with Crippen LogP contribution in [-0.2, 0) is 0 Å². The van der Waals surface area contributed by atoms with Gasteiger partial charge in [-0.15, -0.1) is 29.4 Å². The summed E-state index contributed by atoms with van der Waals surface area (Å²) in [6.45, 7) is 3.65. The van der Waals surface area contributed by atoms with Crippen molar-refractivity contribution in [1.29, 1.82) is 0 Å². The van der Waals surface area contributed by atoms with E-state index in [0.717, 1.165) is 21.8 Å². The van der Waals surface area contributed by atoms with Crippen molar-refractivity contribution in [3.8, 4) is 0 Å². The number of thiol groups is 1. The molecule has 0 atom stereocenters. The molecule has 0 radical (unpaired) electrons. The largest absolute Gasteiger partial charge is 0.342 e. The van der Waals surface area contributed by atoms with Gasteiger partial charge in [0, 0.05) is 5.75 Å². The van der Waals surface area contributed by atoms with E-state index in [0.29, 0.717) is 5.03 Å². The molecule has 1 N–H and O–H groups in total. The number of nitrogens with zero attached hydrogens (tertiary/aromatic N) is 3. The number of nitrogens with one attached hydrogen (secondary N) is 1. The number of thioether (sulfide) groups is 1. The summed E-state index contributed by atoms with van der Waals surface area (Å²) in [4.78, 5) is 7.15. The van der Waals surface area contributed by atoms with Gasteiger partial charge in [-0.1, -0.05) is 17.8 Å². The molecule has 0 aliphatic carbocycles. The molecule has 0 fully saturated rings. The zero-order valence-electron chi connectivity index (χ0n) is 7.27. The van der Waals surface area contributed by atoms with Crippen LogP contribution in [0, 0.1) is 0 Å². The van der Waals surface area contributed by atoms with Crippen LogP contribution in [0.15, 0.2) is 29.0 Å². The lowest BCUT2D eigenvalue weighted by Gasteiger charge is -1.98. The normalized spacial score (nSPS) is 10.6. The minimum Gasteiger partial charge on any atom is -0.342 e. The van der Waals surface area contributed by atoms with Crippen molar-refractivity contribution in [2.75, 3.05) is 5.75 Å². The van der Waals surface area contributed by atoms with Crippen LogP contribution in [0.5, 0.6) is 0 Å². The molecule has 0 amide bonds. The number of fused-ring (bicyclic) bond motifs is 1. The second kappa shape index (κ2) is 4.02. The number of aromatic nitrogens is 4. The van der Waals surface area contributed by atoms with Crippen molar-refractivity contribution >= 4 is 35.4 Å². The molecule has 0 aliphatic heterocycles. The third kappa shape index (κ3) is 1.62. The van der Waals surface area contributed by atoms with Crippen molar-refractivity contribution in [3.05, 3.63) is 19.0 Å². The molecule has 72 valence electrons. The number of imidazole rings is 1. The van der Waals surface area contributed by atoms with E-state index in [2.05, 4.69) is 39.4 Å². The van der Waals surface area contributed by atoms with Crippen molar-refractivity contribution in [2.45, 2.75) is 10.1 Å². The molecule has 0 spiro atoms. The summed E-state index contributed by atoms with van der Waals surface area (Å²) >= 11 is 5.74. The van der Waals surface area contributed by atoms with Gasteiger partial charge in [-0.3, -0.25) is 0 Å². The molecule has 6 heteroatoms. The van der Waals surface area contributed by atoms with Crippen molar-refractivity contribution in [3.63, 3.8) is 0 Å². The molecular weight excluding hydrogens is 216 g/mol. The fourth-order valence-corrected chi connectivity index (χ4v) is 1.93. The lowest BCUT2D eigenvalue weighted by atomic mass is 10.5. The predicted octanol–water partition coefficient (Wildman–Crippen LogP) is 1.92. The van der Waals surface area contributed by atoms with Gasteiger partial charge in [0.25, 0.3) is 0 Å². The van der Waals surface area contributed by atoms with Crippen LogP contribution in [0.25, 0.3) is 11.0 Å². The monoisotopic (exact) mass is 224 g/mol. The Morgan fingerprint density at radius 1 is 1.57 bits per heavy atom. The zero-order chi connectivity index (χ0) is 9.97. The summed E-state index contributed by atoms with van der Waals surface area (Å²) in [7, 11) is 0. The highest BCUT2D eigenvalue weighted by molar-refractivity contribution is 7.99. The smallest absolute Gasteiger partial charge is 0.147 e. The maximum atomic E-state index is 4.18. The summed E-state index contributed by atoms with van der Waals surface area (Å²) in [5.41, 5.74) is 1.65. The van der Waals surface area contributed by atoms with Gasteiger partial charge in [0.05, 0.1) is 6.33 Å². The Balaban J connectivity index is 2.49. The van der Waals surface area contributed by atoms with Crippen LogP contribution in [0.1, 0.15) is 0 Å². The second-order valence-corrected chi connectivity index (χ2v) is 3.99. The van der Waals surface area contributed by atoms with E-state index < -0.39 is 0 Å². The molecule has 0 aliphatic rings. The molecule has 0 saturated heterocycles. The molecule has 14 heavy (non-hydrogen) atoms. The molecule has 0 aromatic carbocycles. The van der Waals surface area contributed by atoms with E-state index in [4.69, 9.17) is 0 Å². The molecule has 0 bridgehead atoms. The Morgan fingerprint density at radius 3 is 3.21 bits per heavy atom. The van der Waals surface area contributed by atoms with Crippen molar-refractivity contribution in [2.24, 2.45) is 0 Å². The summed E-state index contributed by atoms with van der Waals surface area (Å²) in [5, 5.41) is 9.32. The standard InChI is InChI=1S/C8H8N4S2/c1-2-3-14-8-6-5(9-4-10-6)7(13)11-12-8/h2,4H,1,3H2,(H,9,10)(H,11,13). The first-order valence-corrected chi connectivity index (χ1v) is 5.38. The molecular formula is C8H8N4S2. The third-order valence-corrected chi connectivity index (χ3v) is 2.90. The molecule has 0 unspecified atom stereocenters. The SMILES string of the molecule is C=CCSc1nnc(S)c2[nH]cnc12. The van der Waals surface area contributed by atoms with Gasteiger partial charge in [0.1, 0.15) is 21.1 Å². The highest BCUT2D eigenvalue weighted by atomic mass is 32.2. The maximum Gasteiger partial charge on any atom is 0.147 e. The number of rotatable bonds is 3. The highest BCUT2D eigenvalue weighted by Crippen LogP contribution is 2.25. The van der Waals surface area contributed by atoms with E-state index in [1.165, 1.54) is 0 Å². The molecule has 2 aromatic rings. The maximum absolute atomic E-state index is 4.18. The van der Waals surface area contributed by atoms with Gasteiger partial charge in [-0.05, 0) is 0 Å². The Hall–Kier alpha value is -1.01. The van der Waals surface area contributed by atoms with Crippen molar-refractivity contribution < 1.29 is 0 Å². The van der Waals surface area contributed by atoms with Gasteiger partial charge < -0.3 is 4.98 Å². The summed E-state index contributed by atoms with van der Waals surface area (Å²) in [5.74, 6) is 0.794. The summed E-state index contributed by atoms with van der Waals surface area (Å²) in [6.07, 6.45) is 3.44. The molecule has 2 heterocycles. The van der Waals surface area contributed by atoms with Gasteiger partial charge in [0.15, 0.2) is 0 Å². The first kappa shape index (κ1) is 9.54. The molecule has 0 saturated carbocycles. The second-order valence-electron chi connectivity index (χ2n) is 2.55. The molecule has 2 aromatic heterocycles. The summed E-state index contributed by atoms with van der Waals surface area (Å²) in [6, 6.07) is 0. The number of H-pyrrole nitrogens is 1. The minimum atomic E-state index is 0.570. The lowest BCUT2D eigenvalue weighted by Crippen LogP contribution is -1.90. The highest BCUT2D eigenvalue weighted by Gasteiger charge is 2.08. The number of aromatic amines is 1. The first-order valence-electron chi connectivity index (χ1n) is 3.95. The predicted molar refractivity (Wildman–Crippen MR) is 59.9 cm³/mol. The van der Waals surface area contributed by atoms with E-state index in [9.17, 15) is 0 Å².